The van der Waals surface area contributed by atoms with Gasteiger partial charge in [-0.15, -0.1) is 12.4 Å². The highest BCUT2D eigenvalue weighted by Gasteiger charge is 2.10. The Bertz CT molecular complexity index is 679. The van der Waals surface area contributed by atoms with Crippen molar-refractivity contribution < 1.29 is 14.3 Å². The fraction of sp³-hybridized carbons (Fsp3) is 0.278. The van der Waals surface area contributed by atoms with Crippen molar-refractivity contribution in [2.75, 3.05) is 30.9 Å². The van der Waals surface area contributed by atoms with Gasteiger partial charge in [-0.25, -0.2) is 0 Å². The Labute approximate surface area is 158 Å². The molecule has 0 atom stereocenters. The normalized spacial score (nSPS) is 10.0. The maximum absolute atomic E-state index is 12.2. The van der Waals surface area contributed by atoms with Gasteiger partial charge in [-0.3, -0.25) is 4.79 Å². The monoisotopic (exact) mass is 384 g/mol. The zero-order valence-corrected chi connectivity index (χ0v) is 15.5. The van der Waals surface area contributed by atoms with Crippen molar-refractivity contribution in [3.63, 3.8) is 0 Å². The Morgan fingerprint density at radius 3 is 2.56 bits per heavy atom. The number of rotatable bonds is 8. The molecule has 5 nitrogen and oxygen atoms in total. The van der Waals surface area contributed by atoms with Gasteiger partial charge in [0.2, 0.25) is 5.91 Å². The molecule has 2 aromatic carbocycles. The zero-order chi connectivity index (χ0) is 17.4. The number of ether oxygens (including phenoxy) is 2. The molecule has 0 heterocycles. The second-order valence-corrected chi connectivity index (χ2v) is 5.59. The third-order valence-corrected chi connectivity index (χ3v) is 3.48. The summed E-state index contributed by atoms with van der Waals surface area (Å²) in [7, 11) is 0. The maximum atomic E-state index is 12.2. The third-order valence-electron chi connectivity index (χ3n) is 3.25. The number of amides is 1. The number of hydrogen-bond donors (Lipinski definition) is 2. The van der Waals surface area contributed by atoms with Crippen LogP contribution in [0.1, 0.15) is 12.5 Å². The van der Waals surface area contributed by atoms with Crippen LogP contribution in [0.15, 0.2) is 42.5 Å². The number of benzene rings is 2. The topological polar surface area (TPSA) is 73.6 Å². The Morgan fingerprint density at radius 1 is 1.16 bits per heavy atom. The summed E-state index contributed by atoms with van der Waals surface area (Å²) in [5.74, 6) is 0.404. The van der Waals surface area contributed by atoms with Gasteiger partial charge < -0.3 is 20.5 Å². The number of nitrogens with two attached hydrogens (primary N) is 1. The smallest absolute Gasteiger partial charge is 0.228 e. The summed E-state index contributed by atoms with van der Waals surface area (Å²) in [5.41, 5.74) is 7.73. The van der Waals surface area contributed by atoms with Crippen molar-refractivity contribution in [3.8, 4) is 5.75 Å². The summed E-state index contributed by atoms with van der Waals surface area (Å²) in [5, 5.41) is 3.36. The maximum Gasteiger partial charge on any atom is 0.228 e. The van der Waals surface area contributed by atoms with Gasteiger partial charge in [0.25, 0.3) is 0 Å². The van der Waals surface area contributed by atoms with E-state index in [4.69, 9.17) is 26.8 Å². The second kappa shape index (κ2) is 10.8. The highest BCUT2D eigenvalue weighted by molar-refractivity contribution is 6.31. The number of nitrogens with one attached hydrogen (secondary N) is 1. The van der Waals surface area contributed by atoms with Crippen molar-refractivity contribution in [2.24, 2.45) is 0 Å². The number of halogens is 2. The largest absolute Gasteiger partial charge is 0.489 e. The zero-order valence-electron chi connectivity index (χ0n) is 14.0. The quantitative estimate of drug-likeness (QED) is 0.533. The molecule has 2 aromatic rings. The molecule has 7 heteroatoms. The second-order valence-electron chi connectivity index (χ2n) is 5.15. The first kappa shape index (κ1) is 21.1. The summed E-state index contributed by atoms with van der Waals surface area (Å²) in [6.07, 6.45) is 0.241. The molecule has 0 aliphatic rings. The fourth-order valence-electron chi connectivity index (χ4n) is 2.10. The highest BCUT2D eigenvalue weighted by Crippen LogP contribution is 2.28. The SMILES string of the molecule is CCOCCOc1ccc(Cl)cc1NC(=O)Cc1ccc(N)cc1.Cl. The van der Waals surface area contributed by atoms with Gasteiger partial charge >= 0.3 is 0 Å². The van der Waals surface area contributed by atoms with Crippen LogP contribution in [0.4, 0.5) is 11.4 Å². The number of nitrogen functional groups attached to an aromatic ring is 1. The molecule has 1 amide bonds. The average molecular weight is 385 g/mol. The molecule has 136 valence electrons. The van der Waals surface area contributed by atoms with Gasteiger partial charge in [-0.2, -0.15) is 0 Å². The van der Waals surface area contributed by atoms with Crippen LogP contribution in [-0.4, -0.2) is 25.7 Å². The van der Waals surface area contributed by atoms with E-state index in [0.29, 0.717) is 42.0 Å². The molecule has 25 heavy (non-hydrogen) atoms. The summed E-state index contributed by atoms with van der Waals surface area (Å²) >= 11 is 6.02. The van der Waals surface area contributed by atoms with Gasteiger partial charge in [-0.1, -0.05) is 23.7 Å². The lowest BCUT2D eigenvalue weighted by atomic mass is 10.1. The van der Waals surface area contributed by atoms with Crippen LogP contribution in [0.2, 0.25) is 5.02 Å². The van der Waals surface area contributed by atoms with E-state index in [2.05, 4.69) is 5.32 Å². The van der Waals surface area contributed by atoms with E-state index in [-0.39, 0.29) is 24.7 Å². The van der Waals surface area contributed by atoms with Gasteiger partial charge in [0.1, 0.15) is 12.4 Å². The van der Waals surface area contributed by atoms with E-state index in [9.17, 15) is 4.79 Å². The number of anilines is 2. The Hall–Kier alpha value is -1.95. The lowest BCUT2D eigenvalue weighted by Gasteiger charge is -2.13. The first-order valence-electron chi connectivity index (χ1n) is 7.73. The minimum Gasteiger partial charge on any atom is -0.489 e. The summed E-state index contributed by atoms with van der Waals surface area (Å²) in [6, 6.07) is 12.3. The molecule has 3 N–H and O–H groups in total. The summed E-state index contributed by atoms with van der Waals surface area (Å²) in [6.45, 7) is 3.44. The fourth-order valence-corrected chi connectivity index (χ4v) is 2.27. The van der Waals surface area contributed by atoms with Crippen molar-refractivity contribution in [1.29, 1.82) is 0 Å². The van der Waals surface area contributed by atoms with E-state index < -0.39 is 0 Å². The van der Waals surface area contributed by atoms with E-state index in [1.54, 1.807) is 30.3 Å². The van der Waals surface area contributed by atoms with E-state index >= 15 is 0 Å². The number of carbonyl (C=O) groups is 1. The van der Waals surface area contributed by atoms with Crippen LogP contribution in [0.5, 0.6) is 5.75 Å². The standard InChI is InChI=1S/C18H21ClN2O3.ClH/c1-2-23-9-10-24-17-8-5-14(19)12-16(17)21-18(22)11-13-3-6-15(20)7-4-13;/h3-8,12H,2,9-11,20H2,1H3,(H,21,22);1H. The van der Waals surface area contributed by atoms with Crippen molar-refractivity contribution in [2.45, 2.75) is 13.3 Å². The first-order chi connectivity index (χ1) is 11.6. The highest BCUT2D eigenvalue weighted by atomic mass is 35.5. The number of hydrogen-bond acceptors (Lipinski definition) is 4. The molecular formula is C18H22Cl2N2O3. The lowest BCUT2D eigenvalue weighted by molar-refractivity contribution is -0.115. The molecule has 0 aliphatic carbocycles. The molecule has 0 fully saturated rings. The van der Waals surface area contributed by atoms with Crippen molar-refractivity contribution in [3.05, 3.63) is 53.1 Å². The van der Waals surface area contributed by atoms with Gasteiger partial charge in [0, 0.05) is 17.3 Å². The van der Waals surface area contributed by atoms with Crippen molar-refractivity contribution >= 4 is 41.3 Å². The molecule has 0 saturated carbocycles. The molecule has 0 bridgehead atoms. The Kier molecular flexibility index (Phi) is 9.13. The molecule has 0 unspecified atom stereocenters. The van der Waals surface area contributed by atoms with Crippen LogP contribution in [0, 0.1) is 0 Å². The predicted molar refractivity (Wildman–Crippen MR) is 104 cm³/mol. The van der Waals surface area contributed by atoms with Crippen LogP contribution in [0.25, 0.3) is 0 Å². The third kappa shape index (κ3) is 7.22. The Morgan fingerprint density at radius 2 is 1.88 bits per heavy atom. The molecule has 0 saturated heterocycles. The molecule has 0 aromatic heterocycles. The van der Waals surface area contributed by atoms with Gasteiger partial charge in [0.15, 0.2) is 0 Å². The van der Waals surface area contributed by atoms with Gasteiger partial charge in [0.05, 0.1) is 18.7 Å². The molecule has 2 rings (SSSR count). The Balaban J connectivity index is 0.00000312. The minimum absolute atomic E-state index is 0. The molecule has 0 spiro atoms. The van der Waals surface area contributed by atoms with Crippen LogP contribution < -0.4 is 15.8 Å². The van der Waals surface area contributed by atoms with E-state index in [1.807, 2.05) is 19.1 Å². The minimum atomic E-state index is -0.156. The number of carbonyl (C=O) groups excluding carboxylic acids is 1. The van der Waals surface area contributed by atoms with E-state index in [1.165, 1.54) is 0 Å². The van der Waals surface area contributed by atoms with E-state index in [0.717, 1.165) is 5.56 Å². The predicted octanol–water partition coefficient (Wildman–Crippen LogP) is 3.94. The van der Waals surface area contributed by atoms with Crippen LogP contribution in [0.3, 0.4) is 0 Å². The van der Waals surface area contributed by atoms with Crippen LogP contribution in [-0.2, 0) is 16.0 Å². The average Bonchev–Trinajstić information content (AvgIpc) is 2.55. The summed E-state index contributed by atoms with van der Waals surface area (Å²) < 4.78 is 10.9. The molecule has 0 radical (unpaired) electrons. The van der Waals surface area contributed by atoms with Crippen LogP contribution >= 0.6 is 24.0 Å². The summed E-state index contributed by atoms with van der Waals surface area (Å²) in [4.78, 5) is 12.2. The molecule has 0 aliphatic heterocycles. The van der Waals surface area contributed by atoms with Crippen molar-refractivity contribution in [1.82, 2.24) is 0 Å². The molecular weight excluding hydrogens is 363 g/mol. The first-order valence-corrected chi connectivity index (χ1v) is 8.10. The lowest BCUT2D eigenvalue weighted by Crippen LogP contribution is -2.16. The van der Waals surface area contributed by atoms with Gasteiger partial charge in [-0.05, 0) is 42.8 Å².